The summed E-state index contributed by atoms with van der Waals surface area (Å²) in [6, 6.07) is 6.16. The first-order chi connectivity index (χ1) is 9.29. The average Bonchev–Trinajstić information content (AvgIpc) is 2.43. The van der Waals surface area contributed by atoms with Crippen LogP contribution in [-0.2, 0) is 11.2 Å². The number of hydrogen-bond donors (Lipinski definition) is 1. The molecule has 0 atom stereocenters. The van der Waals surface area contributed by atoms with E-state index in [0.29, 0.717) is 13.2 Å². The summed E-state index contributed by atoms with van der Waals surface area (Å²) in [4.78, 5) is 2.36. The minimum atomic E-state index is 0.670. The van der Waals surface area contributed by atoms with E-state index in [2.05, 4.69) is 33.0 Å². The second-order valence-electron chi connectivity index (χ2n) is 4.61. The smallest absolute Gasteiger partial charge is 0.133 e. The van der Waals surface area contributed by atoms with Gasteiger partial charge in [0, 0.05) is 19.6 Å². The Kier molecular flexibility index (Phi) is 6.10. The van der Waals surface area contributed by atoms with Gasteiger partial charge in [-0.25, -0.2) is 0 Å². The van der Waals surface area contributed by atoms with E-state index in [9.17, 15) is 0 Å². The predicted octanol–water partition coefficient (Wildman–Crippen LogP) is 1.66. The van der Waals surface area contributed by atoms with Gasteiger partial charge in [-0.2, -0.15) is 0 Å². The minimum absolute atomic E-state index is 0.670. The van der Waals surface area contributed by atoms with Crippen LogP contribution in [0.4, 0.5) is 0 Å². The highest BCUT2D eigenvalue weighted by molar-refractivity contribution is 9.10. The van der Waals surface area contributed by atoms with E-state index in [4.69, 9.17) is 15.2 Å². The van der Waals surface area contributed by atoms with Crippen molar-refractivity contribution in [2.75, 3.05) is 46.0 Å². The van der Waals surface area contributed by atoms with Crippen molar-refractivity contribution in [3.63, 3.8) is 0 Å². The van der Waals surface area contributed by atoms with Crippen molar-refractivity contribution >= 4 is 15.9 Å². The zero-order valence-electron chi connectivity index (χ0n) is 11.1. The first-order valence-corrected chi connectivity index (χ1v) is 7.50. The lowest BCUT2D eigenvalue weighted by Crippen LogP contribution is -2.38. The van der Waals surface area contributed by atoms with Crippen LogP contribution in [0.2, 0.25) is 0 Å². The maximum absolute atomic E-state index is 5.81. The summed E-state index contributed by atoms with van der Waals surface area (Å²) in [7, 11) is 0. The number of nitrogens with two attached hydrogens (primary N) is 1. The Morgan fingerprint density at radius 3 is 2.79 bits per heavy atom. The van der Waals surface area contributed by atoms with Gasteiger partial charge in [-0.1, -0.05) is 6.07 Å². The number of halogens is 1. The number of benzene rings is 1. The lowest BCUT2D eigenvalue weighted by Gasteiger charge is -2.26. The molecule has 0 aliphatic carbocycles. The fraction of sp³-hybridized carbons (Fsp3) is 0.571. The number of nitrogens with zero attached hydrogens (tertiary/aromatic N) is 1. The van der Waals surface area contributed by atoms with Gasteiger partial charge in [0.05, 0.1) is 17.7 Å². The van der Waals surface area contributed by atoms with Gasteiger partial charge < -0.3 is 15.2 Å². The molecule has 0 saturated carbocycles. The summed E-state index contributed by atoms with van der Waals surface area (Å²) in [5, 5.41) is 0. The molecule has 0 bridgehead atoms. The zero-order valence-corrected chi connectivity index (χ0v) is 12.7. The van der Waals surface area contributed by atoms with Gasteiger partial charge in [-0.05, 0) is 46.6 Å². The highest BCUT2D eigenvalue weighted by Gasteiger charge is 2.10. The molecule has 5 heteroatoms. The Labute approximate surface area is 123 Å². The van der Waals surface area contributed by atoms with Gasteiger partial charge in [-0.15, -0.1) is 0 Å². The fourth-order valence-electron chi connectivity index (χ4n) is 2.09. The molecule has 0 unspecified atom stereocenters. The summed E-state index contributed by atoms with van der Waals surface area (Å²) in [6.07, 6.45) is 0.895. The monoisotopic (exact) mass is 328 g/mol. The van der Waals surface area contributed by atoms with Crippen molar-refractivity contribution < 1.29 is 9.47 Å². The van der Waals surface area contributed by atoms with Crippen molar-refractivity contribution in [1.29, 1.82) is 0 Å². The van der Waals surface area contributed by atoms with E-state index in [1.54, 1.807) is 0 Å². The Morgan fingerprint density at radius 2 is 2.11 bits per heavy atom. The first-order valence-electron chi connectivity index (χ1n) is 6.71. The van der Waals surface area contributed by atoms with E-state index in [1.807, 2.05) is 6.07 Å². The molecule has 4 nitrogen and oxygen atoms in total. The second-order valence-corrected chi connectivity index (χ2v) is 5.46. The molecule has 2 rings (SSSR count). The molecule has 1 aromatic rings. The SMILES string of the molecule is NCCc1ccc(OCCN2CCOCC2)c(Br)c1. The molecule has 1 aromatic carbocycles. The molecule has 0 spiro atoms. The minimum Gasteiger partial charge on any atom is -0.491 e. The molecule has 1 saturated heterocycles. The van der Waals surface area contributed by atoms with Gasteiger partial charge in [0.25, 0.3) is 0 Å². The number of ether oxygens (including phenoxy) is 2. The molecular weight excluding hydrogens is 308 g/mol. The summed E-state index contributed by atoms with van der Waals surface area (Å²) in [5.74, 6) is 0.897. The molecule has 1 aliphatic heterocycles. The van der Waals surface area contributed by atoms with Crippen molar-refractivity contribution in [3.8, 4) is 5.75 Å². The lowest BCUT2D eigenvalue weighted by molar-refractivity contribution is 0.0322. The molecular formula is C14H21BrN2O2. The zero-order chi connectivity index (χ0) is 13.5. The molecule has 1 fully saturated rings. The third-order valence-electron chi connectivity index (χ3n) is 3.20. The topological polar surface area (TPSA) is 47.7 Å². The predicted molar refractivity (Wildman–Crippen MR) is 79.7 cm³/mol. The van der Waals surface area contributed by atoms with Gasteiger partial charge in [0.2, 0.25) is 0 Å². The van der Waals surface area contributed by atoms with Crippen molar-refractivity contribution in [1.82, 2.24) is 4.90 Å². The molecule has 0 aromatic heterocycles. The van der Waals surface area contributed by atoms with Crippen LogP contribution in [0.1, 0.15) is 5.56 Å². The fourth-order valence-corrected chi connectivity index (χ4v) is 2.63. The maximum atomic E-state index is 5.81. The molecule has 0 radical (unpaired) electrons. The Morgan fingerprint density at radius 1 is 1.32 bits per heavy atom. The van der Waals surface area contributed by atoms with E-state index in [0.717, 1.165) is 49.5 Å². The van der Waals surface area contributed by atoms with Crippen molar-refractivity contribution in [2.45, 2.75) is 6.42 Å². The number of hydrogen-bond acceptors (Lipinski definition) is 4. The van der Waals surface area contributed by atoms with Crippen molar-refractivity contribution in [3.05, 3.63) is 28.2 Å². The summed E-state index contributed by atoms with van der Waals surface area (Å²) < 4.78 is 12.1. The van der Waals surface area contributed by atoms with Gasteiger partial charge in [0.1, 0.15) is 12.4 Å². The van der Waals surface area contributed by atoms with E-state index in [-0.39, 0.29) is 0 Å². The van der Waals surface area contributed by atoms with Crippen LogP contribution in [0.15, 0.2) is 22.7 Å². The maximum Gasteiger partial charge on any atom is 0.133 e. The van der Waals surface area contributed by atoms with Crippen molar-refractivity contribution in [2.24, 2.45) is 5.73 Å². The van der Waals surface area contributed by atoms with E-state index < -0.39 is 0 Å². The second kappa shape index (κ2) is 7.85. The first kappa shape index (κ1) is 14.8. The highest BCUT2D eigenvalue weighted by Crippen LogP contribution is 2.26. The molecule has 19 heavy (non-hydrogen) atoms. The largest absolute Gasteiger partial charge is 0.491 e. The molecule has 0 amide bonds. The molecule has 2 N–H and O–H groups in total. The molecule has 1 heterocycles. The van der Waals surface area contributed by atoms with Crippen LogP contribution in [0.3, 0.4) is 0 Å². The summed E-state index contributed by atoms with van der Waals surface area (Å²) in [6.45, 7) is 5.98. The van der Waals surface area contributed by atoms with Crippen LogP contribution in [0, 0.1) is 0 Å². The Hall–Kier alpha value is -0.620. The standard InChI is InChI=1S/C14H21BrN2O2/c15-13-11-12(3-4-16)1-2-14(13)19-10-7-17-5-8-18-9-6-17/h1-2,11H,3-10,16H2. The van der Waals surface area contributed by atoms with E-state index in [1.165, 1.54) is 5.56 Å². The number of rotatable bonds is 6. The Balaban J connectivity index is 1.78. The summed E-state index contributed by atoms with van der Waals surface area (Å²) in [5.41, 5.74) is 6.78. The third kappa shape index (κ3) is 4.76. The van der Waals surface area contributed by atoms with Crippen LogP contribution < -0.4 is 10.5 Å². The van der Waals surface area contributed by atoms with Crippen LogP contribution in [0.25, 0.3) is 0 Å². The Bertz CT molecular complexity index is 395. The summed E-state index contributed by atoms with van der Waals surface area (Å²) >= 11 is 3.54. The van der Waals surface area contributed by atoms with Gasteiger partial charge in [-0.3, -0.25) is 4.90 Å². The van der Waals surface area contributed by atoms with E-state index >= 15 is 0 Å². The quantitative estimate of drug-likeness (QED) is 0.862. The third-order valence-corrected chi connectivity index (χ3v) is 3.82. The van der Waals surface area contributed by atoms with Crippen LogP contribution in [-0.4, -0.2) is 50.9 Å². The van der Waals surface area contributed by atoms with Crippen LogP contribution >= 0.6 is 15.9 Å². The van der Waals surface area contributed by atoms with Gasteiger partial charge >= 0.3 is 0 Å². The molecule has 106 valence electrons. The van der Waals surface area contributed by atoms with Gasteiger partial charge in [0.15, 0.2) is 0 Å². The normalized spacial score (nSPS) is 16.5. The number of morpholine rings is 1. The average molecular weight is 329 g/mol. The molecule has 1 aliphatic rings. The highest BCUT2D eigenvalue weighted by atomic mass is 79.9. The van der Waals surface area contributed by atoms with Crippen LogP contribution in [0.5, 0.6) is 5.75 Å². The lowest BCUT2D eigenvalue weighted by atomic mass is 10.1.